The zero-order valence-electron chi connectivity index (χ0n) is 13.2. The molecule has 3 amide bonds. The molecule has 7 heteroatoms. The monoisotopic (exact) mass is 311 g/mol. The summed E-state index contributed by atoms with van der Waals surface area (Å²) >= 11 is 0. The highest BCUT2D eigenvalue weighted by atomic mass is 16.2. The van der Waals surface area contributed by atoms with Gasteiger partial charge in [-0.2, -0.15) is 0 Å². The number of carbonyl (C=O) groups is 4. The largest absolute Gasteiger partial charge is 0.345 e. The summed E-state index contributed by atoms with van der Waals surface area (Å²) < 4.78 is 0. The molecule has 124 valence electrons. The molecule has 0 heterocycles. The normalized spacial score (nSPS) is 16.7. The van der Waals surface area contributed by atoms with Crippen molar-refractivity contribution in [2.45, 2.75) is 58.4 Å². The van der Waals surface area contributed by atoms with E-state index in [4.69, 9.17) is 0 Å². The van der Waals surface area contributed by atoms with Gasteiger partial charge < -0.3 is 5.32 Å². The molecule has 1 atom stereocenters. The molecule has 1 saturated carbocycles. The first-order chi connectivity index (χ1) is 10.5. The van der Waals surface area contributed by atoms with Gasteiger partial charge in [-0.25, -0.2) is 0 Å². The first-order valence-electron chi connectivity index (χ1n) is 7.79. The Morgan fingerprint density at radius 1 is 1.14 bits per heavy atom. The Labute approximate surface area is 130 Å². The van der Waals surface area contributed by atoms with Crippen molar-refractivity contribution in [3.05, 3.63) is 0 Å². The minimum Gasteiger partial charge on any atom is -0.345 e. The third-order valence-electron chi connectivity index (χ3n) is 3.78. The molecule has 0 aromatic heterocycles. The van der Waals surface area contributed by atoms with Crippen LogP contribution in [0.3, 0.4) is 0 Å². The number of carbonyl (C=O) groups excluding carboxylic acids is 4. The van der Waals surface area contributed by atoms with Gasteiger partial charge in [0.15, 0.2) is 0 Å². The summed E-state index contributed by atoms with van der Waals surface area (Å²) in [6.07, 6.45) is 5.48. The smallest absolute Gasteiger partial charge is 0.307 e. The van der Waals surface area contributed by atoms with Gasteiger partial charge in [0.1, 0.15) is 0 Å². The first-order valence-corrected chi connectivity index (χ1v) is 7.79. The lowest BCUT2D eigenvalue weighted by Crippen LogP contribution is -2.52. The summed E-state index contributed by atoms with van der Waals surface area (Å²) in [4.78, 5) is 46.2. The number of hydrazine groups is 1. The summed E-state index contributed by atoms with van der Waals surface area (Å²) in [5.41, 5.74) is 3.92. The minimum absolute atomic E-state index is 0.0765. The van der Waals surface area contributed by atoms with Gasteiger partial charge in [0.25, 0.3) is 0 Å². The molecule has 22 heavy (non-hydrogen) atoms. The van der Waals surface area contributed by atoms with Crippen molar-refractivity contribution in [3.63, 3.8) is 0 Å². The zero-order valence-corrected chi connectivity index (χ0v) is 13.2. The highest BCUT2D eigenvalue weighted by Crippen LogP contribution is 2.24. The summed E-state index contributed by atoms with van der Waals surface area (Å²) in [5, 5.41) is 2.71. The molecule has 0 bridgehead atoms. The Morgan fingerprint density at radius 2 is 1.77 bits per heavy atom. The Hall–Kier alpha value is -1.92. The third-order valence-corrected chi connectivity index (χ3v) is 3.78. The molecular formula is C15H25N3O4. The lowest BCUT2D eigenvalue weighted by atomic mass is 9.88. The molecule has 7 nitrogen and oxygen atoms in total. The SMILES string of the molecule is CC(C)CC(NC(=O)C1CCCCC1)C(=O)C(=O)NNC=O. The summed E-state index contributed by atoms with van der Waals surface area (Å²) in [5.74, 6) is -1.76. The van der Waals surface area contributed by atoms with Crippen LogP contribution in [0.4, 0.5) is 0 Å². The summed E-state index contributed by atoms with van der Waals surface area (Å²) in [7, 11) is 0. The minimum atomic E-state index is -0.929. The molecule has 1 unspecified atom stereocenters. The number of hydrogen-bond acceptors (Lipinski definition) is 4. The summed E-state index contributed by atoms with van der Waals surface area (Å²) in [6.45, 7) is 3.82. The van der Waals surface area contributed by atoms with Crippen molar-refractivity contribution < 1.29 is 19.2 Å². The number of amides is 3. The van der Waals surface area contributed by atoms with E-state index in [0.717, 1.165) is 32.1 Å². The van der Waals surface area contributed by atoms with Crippen LogP contribution < -0.4 is 16.2 Å². The maximum atomic E-state index is 12.3. The van der Waals surface area contributed by atoms with Gasteiger partial charge in [0.2, 0.25) is 18.1 Å². The van der Waals surface area contributed by atoms with Crippen LogP contribution in [-0.2, 0) is 19.2 Å². The maximum absolute atomic E-state index is 12.3. The molecule has 0 radical (unpaired) electrons. The molecular weight excluding hydrogens is 286 g/mol. The Kier molecular flexibility index (Phi) is 7.56. The lowest BCUT2D eigenvalue weighted by molar-refractivity contribution is -0.141. The molecule has 1 rings (SSSR count). The topological polar surface area (TPSA) is 104 Å². The number of nitrogens with one attached hydrogen (secondary N) is 3. The van der Waals surface area contributed by atoms with E-state index < -0.39 is 17.7 Å². The number of ketones is 1. The van der Waals surface area contributed by atoms with E-state index in [1.807, 2.05) is 24.7 Å². The van der Waals surface area contributed by atoms with E-state index >= 15 is 0 Å². The molecule has 1 aliphatic rings. The number of Topliss-reactive ketones (excluding diaryl/α,β-unsaturated/α-hetero) is 1. The van der Waals surface area contributed by atoms with Crippen molar-refractivity contribution >= 4 is 24.0 Å². The van der Waals surface area contributed by atoms with E-state index in [1.54, 1.807) is 0 Å². The fraction of sp³-hybridized carbons (Fsp3) is 0.733. The van der Waals surface area contributed by atoms with Gasteiger partial charge in [-0.15, -0.1) is 0 Å². The molecule has 0 aromatic rings. The molecule has 1 aliphatic carbocycles. The molecule has 0 saturated heterocycles. The third kappa shape index (κ3) is 5.83. The highest BCUT2D eigenvalue weighted by molar-refractivity contribution is 6.38. The molecule has 1 fully saturated rings. The summed E-state index contributed by atoms with van der Waals surface area (Å²) in [6, 6.07) is -0.858. The van der Waals surface area contributed by atoms with Crippen LogP contribution in [-0.4, -0.2) is 30.0 Å². The van der Waals surface area contributed by atoms with Crippen LogP contribution in [0.25, 0.3) is 0 Å². The van der Waals surface area contributed by atoms with Crippen molar-refractivity contribution in [1.82, 2.24) is 16.2 Å². The zero-order chi connectivity index (χ0) is 16.5. The quantitative estimate of drug-likeness (QED) is 0.344. The van der Waals surface area contributed by atoms with Gasteiger partial charge in [-0.1, -0.05) is 33.1 Å². The Morgan fingerprint density at radius 3 is 2.32 bits per heavy atom. The van der Waals surface area contributed by atoms with Gasteiger partial charge in [0.05, 0.1) is 6.04 Å². The standard InChI is InChI=1S/C15H25N3O4/c1-10(2)8-12(13(20)15(22)18-16-9-19)17-14(21)11-6-4-3-5-7-11/h9-12H,3-8H2,1-2H3,(H,16,19)(H,17,21)(H,18,22). The first kappa shape index (κ1) is 18.1. The van der Waals surface area contributed by atoms with E-state index in [-0.39, 0.29) is 24.2 Å². The van der Waals surface area contributed by atoms with Crippen LogP contribution in [0.15, 0.2) is 0 Å². The number of rotatable bonds is 8. The van der Waals surface area contributed by atoms with Crippen LogP contribution in [0.5, 0.6) is 0 Å². The average Bonchev–Trinajstić information content (AvgIpc) is 2.51. The highest BCUT2D eigenvalue weighted by Gasteiger charge is 2.30. The fourth-order valence-electron chi connectivity index (χ4n) is 2.67. The van der Waals surface area contributed by atoms with E-state index in [9.17, 15) is 19.2 Å². The van der Waals surface area contributed by atoms with E-state index in [0.29, 0.717) is 6.42 Å². The predicted molar refractivity (Wildman–Crippen MR) is 80.3 cm³/mol. The molecule has 3 N–H and O–H groups in total. The predicted octanol–water partition coefficient (Wildman–Crippen LogP) is 0.444. The second-order valence-electron chi connectivity index (χ2n) is 6.11. The van der Waals surface area contributed by atoms with Crippen molar-refractivity contribution in [2.75, 3.05) is 0 Å². The maximum Gasteiger partial charge on any atom is 0.307 e. The lowest BCUT2D eigenvalue weighted by Gasteiger charge is -2.25. The van der Waals surface area contributed by atoms with Gasteiger partial charge in [-0.3, -0.25) is 30.0 Å². The van der Waals surface area contributed by atoms with Crippen LogP contribution in [0.2, 0.25) is 0 Å². The second-order valence-corrected chi connectivity index (χ2v) is 6.11. The van der Waals surface area contributed by atoms with Crippen LogP contribution in [0, 0.1) is 11.8 Å². The Bertz CT molecular complexity index is 417. The molecule has 0 aromatic carbocycles. The van der Waals surface area contributed by atoms with Crippen molar-refractivity contribution in [1.29, 1.82) is 0 Å². The van der Waals surface area contributed by atoms with Crippen LogP contribution in [0.1, 0.15) is 52.4 Å². The average molecular weight is 311 g/mol. The van der Waals surface area contributed by atoms with Gasteiger partial charge in [-0.05, 0) is 25.2 Å². The molecule has 0 spiro atoms. The van der Waals surface area contributed by atoms with Crippen molar-refractivity contribution in [2.24, 2.45) is 11.8 Å². The fourth-order valence-corrected chi connectivity index (χ4v) is 2.67. The van der Waals surface area contributed by atoms with Gasteiger partial charge >= 0.3 is 5.91 Å². The van der Waals surface area contributed by atoms with Crippen molar-refractivity contribution in [3.8, 4) is 0 Å². The van der Waals surface area contributed by atoms with Crippen LogP contribution >= 0.6 is 0 Å². The van der Waals surface area contributed by atoms with E-state index in [1.165, 1.54) is 0 Å². The molecule has 0 aliphatic heterocycles. The van der Waals surface area contributed by atoms with Gasteiger partial charge in [0, 0.05) is 5.92 Å². The Balaban J connectivity index is 2.66. The second kappa shape index (κ2) is 9.17. The number of hydrogen-bond donors (Lipinski definition) is 3. The van der Waals surface area contributed by atoms with E-state index in [2.05, 4.69) is 5.32 Å².